The number of fused-ring (bicyclic) bond motifs is 3. The lowest BCUT2D eigenvalue weighted by Crippen LogP contribution is -2.55. The highest BCUT2D eigenvalue weighted by atomic mass is 16.5. The van der Waals surface area contributed by atoms with Gasteiger partial charge in [0.2, 0.25) is 5.91 Å². The van der Waals surface area contributed by atoms with Crippen LogP contribution in [0.4, 0.5) is 4.79 Å². The van der Waals surface area contributed by atoms with Crippen LogP contribution < -0.4 is 10.6 Å². The fourth-order valence-electron chi connectivity index (χ4n) is 4.07. The summed E-state index contributed by atoms with van der Waals surface area (Å²) in [4.78, 5) is 36.8. The van der Waals surface area contributed by atoms with Crippen molar-refractivity contribution in [2.75, 3.05) is 20.3 Å². The maximum absolute atomic E-state index is 12.8. The number of carbonyl (C=O) groups excluding carboxylic acids is 2. The smallest absolute Gasteiger partial charge is 0.407 e. The summed E-state index contributed by atoms with van der Waals surface area (Å²) in [5.41, 5.74) is 4.42. The lowest BCUT2D eigenvalue weighted by molar-refractivity contribution is -0.143. The molecule has 8 heteroatoms. The van der Waals surface area contributed by atoms with Gasteiger partial charge in [0.25, 0.3) is 0 Å². The second-order valence-corrected chi connectivity index (χ2v) is 8.19. The van der Waals surface area contributed by atoms with Gasteiger partial charge in [0.05, 0.1) is 6.61 Å². The summed E-state index contributed by atoms with van der Waals surface area (Å²) in [5, 5.41) is 14.3. The Balaban J connectivity index is 1.68. The first-order valence-corrected chi connectivity index (χ1v) is 11.0. The third kappa shape index (κ3) is 5.51. The minimum absolute atomic E-state index is 0.0999. The van der Waals surface area contributed by atoms with Crippen molar-refractivity contribution in [2.24, 2.45) is 5.92 Å². The van der Waals surface area contributed by atoms with Crippen LogP contribution in [-0.4, -0.2) is 55.5 Å². The summed E-state index contributed by atoms with van der Waals surface area (Å²) in [6.07, 6.45) is -0.125. The van der Waals surface area contributed by atoms with Crippen molar-refractivity contribution in [1.82, 2.24) is 10.6 Å². The van der Waals surface area contributed by atoms with Gasteiger partial charge in [-0.05, 0) is 28.2 Å². The number of hydrogen-bond acceptors (Lipinski definition) is 5. The van der Waals surface area contributed by atoms with Crippen LogP contribution in [0, 0.1) is 5.92 Å². The van der Waals surface area contributed by atoms with Crippen molar-refractivity contribution in [3.8, 4) is 11.1 Å². The van der Waals surface area contributed by atoms with E-state index in [2.05, 4.69) is 22.8 Å². The van der Waals surface area contributed by atoms with Gasteiger partial charge >= 0.3 is 12.1 Å². The van der Waals surface area contributed by atoms with E-state index in [-0.39, 0.29) is 25.0 Å². The molecule has 3 atom stereocenters. The maximum atomic E-state index is 12.8. The van der Waals surface area contributed by atoms with Crippen molar-refractivity contribution in [3.63, 3.8) is 0 Å². The van der Waals surface area contributed by atoms with E-state index in [1.54, 1.807) is 6.92 Å². The Labute approximate surface area is 193 Å². The van der Waals surface area contributed by atoms with Gasteiger partial charge < -0.3 is 25.2 Å². The molecule has 3 rings (SSSR count). The van der Waals surface area contributed by atoms with Gasteiger partial charge in [-0.15, -0.1) is 0 Å². The van der Waals surface area contributed by atoms with E-state index < -0.39 is 30.1 Å². The first kappa shape index (κ1) is 24.3. The molecule has 1 aliphatic rings. The molecule has 1 aliphatic carbocycles. The molecule has 0 fully saturated rings. The van der Waals surface area contributed by atoms with Gasteiger partial charge in [0.15, 0.2) is 6.04 Å². The predicted octanol–water partition coefficient (Wildman–Crippen LogP) is 3.16. The Kier molecular flexibility index (Phi) is 8.06. The van der Waals surface area contributed by atoms with Crippen LogP contribution in [0.15, 0.2) is 48.5 Å². The van der Waals surface area contributed by atoms with Gasteiger partial charge in [-0.25, -0.2) is 9.59 Å². The standard InChI is InChI=1S/C25H30N2O6/c1-4-15(2)22(23(28)26-21(14-32-3)24(29)30)27-25(31)33-13-20-18-11-7-5-9-16(18)17-10-6-8-12-19(17)20/h5-12,15,20-22H,4,13-14H2,1-3H3,(H,26,28)(H,27,31)(H,29,30)/t15-,21?,22-/m0/s1. The molecule has 2 aromatic carbocycles. The van der Waals surface area contributed by atoms with E-state index in [0.717, 1.165) is 22.3 Å². The molecule has 0 heterocycles. The quantitative estimate of drug-likeness (QED) is 0.508. The van der Waals surface area contributed by atoms with Crippen LogP contribution in [0.1, 0.15) is 37.3 Å². The van der Waals surface area contributed by atoms with Crippen molar-refractivity contribution in [1.29, 1.82) is 0 Å². The van der Waals surface area contributed by atoms with E-state index in [1.807, 2.05) is 43.3 Å². The molecule has 2 amide bonds. The number of ether oxygens (including phenoxy) is 2. The summed E-state index contributed by atoms with van der Waals surface area (Å²) in [6.45, 7) is 3.63. The second-order valence-electron chi connectivity index (χ2n) is 8.19. The van der Waals surface area contributed by atoms with Crippen LogP contribution in [0.2, 0.25) is 0 Å². The molecule has 8 nitrogen and oxygen atoms in total. The third-order valence-electron chi connectivity index (χ3n) is 6.06. The number of carboxylic acid groups (broad SMARTS) is 1. The van der Waals surface area contributed by atoms with Crippen molar-refractivity contribution in [3.05, 3.63) is 59.7 Å². The molecule has 0 aliphatic heterocycles. The molecular formula is C25H30N2O6. The van der Waals surface area contributed by atoms with Crippen molar-refractivity contribution >= 4 is 18.0 Å². The van der Waals surface area contributed by atoms with E-state index in [0.29, 0.717) is 6.42 Å². The molecule has 3 N–H and O–H groups in total. The van der Waals surface area contributed by atoms with Gasteiger partial charge in [0, 0.05) is 13.0 Å². The molecule has 0 bridgehead atoms. The lowest BCUT2D eigenvalue weighted by Gasteiger charge is -2.25. The first-order chi connectivity index (χ1) is 15.9. The molecule has 0 aromatic heterocycles. The fraction of sp³-hybridized carbons (Fsp3) is 0.400. The van der Waals surface area contributed by atoms with Crippen LogP contribution >= 0.6 is 0 Å². The Morgan fingerprint density at radius 1 is 1.00 bits per heavy atom. The molecule has 0 spiro atoms. The van der Waals surface area contributed by atoms with E-state index in [4.69, 9.17) is 9.47 Å². The second kappa shape index (κ2) is 11.0. The number of amides is 2. The van der Waals surface area contributed by atoms with Crippen molar-refractivity contribution < 1.29 is 29.0 Å². The SMILES string of the molecule is CC[C@H](C)[C@H](NC(=O)OCC1c2ccccc2-c2ccccc21)C(=O)NC(COC)C(=O)O. The van der Waals surface area contributed by atoms with Gasteiger partial charge in [0.1, 0.15) is 12.6 Å². The highest BCUT2D eigenvalue weighted by molar-refractivity contribution is 5.89. The molecule has 33 heavy (non-hydrogen) atoms. The van der Waals surface area contributed by atoms with Gasteiger partial charge in [-0.1, -0.05) is 68.8 Å². The molecular weight excluding hydrogens is 424 g/mol. The van der Waals surface area contributed by atoms with Gasteiger partial charge in [-0.3, -0.25) is 4.79 Å². The summed E-state index contributed by atoms with van der Waals surface area (Å²) in [6, 6.07) is 13.9. The van der Waals surface area contributed by atoms with E-state index >= 15 is 0 Å². The molecule has 2 aromatic rings. The van der Waals surface area contributed by atoms with E-state index in [9.17, 15) is 19.5 Å². The van der Waals surface area contributed by atoms with Crippen LogP contribution in [-0.2, 0) is 19.1 Å². The maximum Gasteiger partial charge on any atom is 0.407 e. The Bertz CT molecular complexity index is 962. The molecule has 0 saturated carbocycles. The number of nitrogens with one attached hydrogen (secondary N) is 2. The Morgan fingerprint density at radius 3 is 2.09 bits per heavy atom. The summed E-state index contributed by atoms with van der Waals surface area (Å²) >= 11 is 0. The Hall–Kier alpha value is -3.39. The minimum atomic E-state index is -1.21. The zero-order chi connectivity index (χ0) is 24.0. The van der Waals surface area contributed by atoms with Gasteiger partial charge in [-0.2, -0.15) is 0 Å². The van der Waals surface area contributed by atoms with Crippen molar-refractivity contribution in [2.45, 2.75) is 38.3 Å². The zero-order valence-corrected chi connectivity index (χ0v) is 19.0. The highest BCUT2D eigenvalue weighted by Crippen LogP contribution is 2.44. The number of rotatable bonds is 10. The number of aliphatic carboxylic acids is 1. The summed E-state index contributed by atoms with van der Waals surface area (Å²) in [5.74, 6) is -2.14. The molecule has 1 unspecified atom stereocenters. The topological polar surface area (TPSA) is 114 Å². The highest BCUT2D eigenvalue weighted by Gasteiger charge is 2.32. The van der Waals surface area contributed by atoms with E-state index in [1.165, 1.54) is 7.11 Å². The zero-order valence-electron chi connectivity index (χ0n) is 19.0. The third-order valence-corrected chi connectivity index (χ3v) is 6.06. The molecule has 0 saturated heterocycles. The number of carboxylic acids is 1. The number of hydrogen-bond donors (Lipinski definition) is 3. The fourth-order valence-corrected chi connectivity index (χ4v) is 4.07. The van der Waals surface area contributed by atoms with Crippen LogP contribution in [0.3, 0.4) is 0 Å². The summed E-state index contributed by atoms with van der Waals surface area (Å²) < 4.78 is 10.4. The summed E-state index contributed by atoms with van der Waals surface area (Å²) in [7, 11) is 1.35. The average Bonchev–Trinajstić information content (AvgIpc) is 3.14. The molecule has 0 radical (unpaired) electrons. The minimum Gasteiger partial charge on any atom is -0.480 e. The number of alkyl carbamates (subject to hydrolysis) is 1. The first-order valence-electron chi connectivity index (χ1n) is 11.0. The predicted molar refractivity (Wildman–Crippen MR) is 123 cm³/mol. The van der Waals surface area contributed by atoms with Crippen LogP contribution in [0.25, 0.3) is 11.1 Å². The monoisotopic (exact) mass is 454 g/mol. The number of benzene rings is 2. The Morgan fingerprint density at radius 2 is 1.58 bits per heavy atom. The largest absolute Gasteiger partial charge is 0.480 e. The lowest BCUT2D eigenvalue weighted by atomic mass is 9.98. The molecule has 176 valence electrons. The normalized spacial score (nSPS) is 15.0. The number of methoxy groups -OCH3 is 1. The van der Waals surface area contributed by atoms with Crippen LogP contribution in [0.5, 0.6) is 0 Å². The number of carbonyl (C=O) groups is 3. The average molecular weight is 455 g/mol.